The molecule has 0 unspecified atom stereocenters. The quantitative estimate of drug-likeness (QED) is 0.312. The van der Waals surface area contributed by atoms with Gasteiger partial charge >= 0.3 is 0 Å². The van der Waals surface area contributed by atoms with Crippen LogP contribution in [0.5, 0.6) is 11.5 Å². The standard InChI is InChI=1S/C30H32N4O4/c1-21(2)18-33(29(36)22-9-6-5-7-10-22)20-28(35)32-30-31-27(23-11-8-12-26(17-23)38-4)19-34(30)24-13-15-25(37-3)16-14-24/h5-17,19,21H,18,20H2,1-4H3,(H,31,32,35). The molecule has 196 valence electrons. The molecule has 38 heavy (non-hydrogen) atoms. The van der Waals surface area contributed by atoms with Crippen LogP contribution in [-0.2, 0) is 4.79 Å². The van der Waals surface area contributed by atoms with Gasteiger partial charge in [-0.25, -0.2) is 4.98 Å². The summed E-state index contributed by atoms with van der Waals surface area (Å²) in [4.78, 5) is 32.7. The molecule has 1 heterocycles. The SMILES string of the molecule is COc1ccc(-n2cc(-c3cccc(OC)c3)nc2NC(=O)CN(CC(C)C)C(=O)c2ccccc2)cc1. The molecule has 0 spiro atoms. The van der Waals surface area contributed by atoms with Crippen LogP contribution in [0.2, 0.25) is 0 Å². The summed E-state index contributed by atoms with van der Waals surface area (Å²) in [7, 11) is 3.22. The number of nitrogens with zero attached hydrogens (tertiary/aromatic N) is 3. The fourth-order valence-electron chi connectivity index (χ4n) is 4.09. The lowest BCUT2D eigenvalue weighted by Crippen LogP contribution is -2.40. The molecule has 1 aromatic heterocycles. The van der Waals surface area contributed by atoms with Gasteiger partial charge in [-0.2, -0.15) is 0 Å². The maximum atomic E-state index is 13.3. The van der Waals surface area contributed by atoms with Crippen molar-refractivity contribution in [2.45, 2.75) is 13.8 Å². The highest BCUT2D eigenvalue weighted by Crippen LogP contribution is 2.27. The number of imidazole rings is 1. The second kappa shape index (κ2) is 12.1. The van der Waals surface area contributed by atoms with Crippen LogP contribution in [0.15, 0.2) is 85.1 Å². The first-order valence-corrected chi connectivity index (χ1v) is 12.4. The molecule has 4 rings (SSSR count). The van der Waals surface area contributed by atoms with E-state index >= 15 is 0 Å². The van der Waals surface area contributed by atoms with Gasteiger partial charge in [0.25, 0.3) is 5.91 Å². The van der Waals surface area contributed by atoms with Gasteiger partial charge in [-0.15, -0.1) is 0 Å². The summed E-state index contributed by atoms with van der Waals surface area (Å²) in [6.45, 7) is 4.37. The largest absolute Gasteiger partial charge is 0.497 e. The molecular formula is C30H32N4O4. The van der Waals surface area contributed by atoms with Gasteiger partial charge in [0.15, 0.2) is 0 Å². The molecule has 0 aliphatic rings. The molecule has 4 aromatic rings. The molecule has 1 N–H and O–H groups in total. The van der Waals surface area contributed by atoms with Gasteiger partial charge in [0.1, 0.15) is 18.0 Å². The molecule has 0 bridgehead atoms. The zero-order valence-corrected chi connectivity index (χ0v) is 22.0. The highest BCUT2D eigenvalue weighted by molar-refractivity contribution is 5.99. The monoisotopic (exact) mass is 512 g/mol. The van der Waals surface area contributed by atoms with E-state index in [1.54, 1.807) is 35.8 Å². The third-order valence-electron chi connectivity index (χ3n) is 5.90. The van der Waals surface area contributed by atoms with Crippen molar-refractivity contribution in [3.05, 3.63) is 90.6 Å². The summed E-state index contributed by atoms with van der Waals surface area (Å²) in [5, 5.41) is 2.92. The Labute approximate surface area is 222 Å². The average Bonchev–Trinajstić information content (AvgIpc) is 3.36. The van der Waals surface area contributed by atoms with E-state index in [0.717, 1.165) is 17.0 Å². The molecule has 0 saturated carbocycles. The molecule has 0 aliphatic heterocycles. The number of nitrogens with one attached hydrogen (secondary N) is 1. The third kappa shape index (κ3) is 6.39. The van der Waals surface area contributed by atoms with E-state index in [4.69, 9.17) is 14.5 Å². The fourth-order valence-corrected chi connectivity index (χ4v) is 4.09. The molecule has 0 saturated heterocycles. The topological polar surface area (TPSA) is 85.7 Å². The Morgan fingerprint density at radius 1 is 0.921 bits per heavy atom. The minimum absolute atomic E-state index is 0.101. The van der Waals surface area contributed by atoms with E-state index in [-0.39, 0.29) is 24.3 Å². The number of rotatable bonds is 10. The second-order valence-corrected chi connectivity index (χ2v) is 9.24. The number of carbonyl (C=O) groups excluding carboxylic acids is 2. The van der Waals surface area contributed by atoms with Crippen molar-refractivity contribution in [1.82, 2.24) is 14.5 Å². The minimum atomic E-state index is -0.340. The lowest BCUT2D eigenvalue weighted by Gasteiger charge is -2.24. The van der Waals surface area contributed by atoms with Crippen molar-refractivity contribution in [3.63, 3.8) is 0 Å². The molecule has 8 nitrogen and oxygen atoms in total. The van der Waals surface area contributed by atoms with Crippen LogP contribution in [0.25, 0.3) is 16.9 Å². The molecule has 0 fully saturated rings. The summed E-state index contributed by atoms with van der Waals surface area (Å²) < 4.78 is 12.5. The summed E-state index contributed by atoms with van der Waals surface area (Å²) >= 11 is 0. The van der Waals surface area contributed by atoms with Gasteiger partial charge in [-0.1, -0.05) is 44.2 Å². The van der Waals surface area contributed by atoms with E-state index in [1.165, 1.54) is 0 Å². The molecule has 8 heteroatoms. The zero-order valence-electron chi connectivity index (χ0n) is 22.0. The van der Waals surface area contributed by atoms with Gasteiger partial charge in [-0.3, -0.25) is 19.5 Å². The Morgan fingerprint density at radius 3 is 2.29 bits per heavy atom. The lowest BCUT2D eigenvalue weighted by atomic mass is 10.1. The van der Waals surface area contributed by atoms with E-state index in [9.17, 15) is 9.59 Å². The van der Waals surface area contributed by atoms with Gasteiger partial charge in [0.05, 0.1) is 19.9 Å². The number of amides is 2. The summed E-state index contributed by atoms with van der Waals surface area (Å²) in [6.07, 6.45) is 1.85. The first-order chi connectivity index (χ1) is 18.4. The van der Waals surface area contributed by atoms with Crippen LogP contribution in [0, 0.1) is 5.92 Å². The number of carbonyl (C=O) groups is 2. The Bertz CT molecular complexity index is 1380. The number of aromatic nitrogens is 2. The fraction of sp³-hybridized carbons (Fsp3) is 0.233. The van der Waals surface area contributed by atoms with Crippen LogP contribution in [0.3, 0.4) is 0 Å². The smallest absolute Gasteiger partial charge is 0.254 e. The first-order valence-electron chi connectivity index (χ1n) is 12.4. The van der Waals surface area contributed by atoms with E-state index in [2.05, 4.69) is 5.32 Å². The summed E-state index contributed by atoms with van der Waals surface area (Å²) in [6, 6.07) is 24.0. The third-order valence-corrected chi connectivity index (χ3v) is 5.90. The van der Waals surface area contributed by atoms with Gasteiger partial charge in [-0.05, 0) is 54.4 Å². The Balaban J connectivity index is 1.64. The van der Waals surface area contributed by atoms with Crippen LogP contribution < -0.4 is 14.8 Å². The van der Waals surface area contributed by atoms with Gasteiger partial charge in [0, 0.05) is 29.6 Å². The maximum absolute atomic E-state index is 13.3. The van der Waals surface area contributed by atoms with Crippen molar-refractivity contribution >= 4 is 17.8 Å². The van der Waals surface area contributed by atoms with Crippen LogP contribution in [-0.4, -0.2) is 53.6 Å². The number of ether oxygens (including phenoxy) is 2. The number of anilines is 1. The maximum Gasteiger partial charge on any atom is 0.254 e. The molecular weight excluding hydrogens is 480 g/mol. The Kier molecular flexibility index (Phi) is 8.43. The average molecular weight is 513 g/mol. The number of benzene rings is 3. The highest BCUT2D eigenvalue weighted by Gasteiger charge is 2.22. The Hall–Kier alpha value is -4.59. The van der Waals surface area contributed by atoms with Crippen molar-refractivity contribution in [2.75, 3.05) is 32.6 Å². The highest BCUT2D eigenvalue weighted by atomic mass is 16.5. The summed E-state index contributed by atoms with van der Waals surface area (Å²) in [5.41, 5.74) is 2.84. The van der Waals surface area contributed by atoms with Crippen molar-refractivity contribution in [1.29, 1.82) is 0 Å². The molecule has 0 atom stereocenters. The molecule has 2 amide bonds. The normalized spacial score (nSPS) is 10.8. The predicted molar refractivity (Wildman–Crippen MR) is 148 cm³/mol. The van der Waals surface area contributed by atoms with Crippen LogP contribution >= 0.6 is 0 Å². The Morgan fingerprint density at radius 2 is 1.63 bits per heavy atom. The minimum Gasteiger partial charge on any atom is -0.497 e. The lowest BCUT2D eigenvalue weighted by molar-refractivity contribution is -0.117. The number of hydrogen-bond acceptors (Lipinski definition) is 5. The second-order valence-electron chi connectivity index (χ2n) is 9.24. The van der Waals surface area contributed by atoms with Crippen LogP contribution in [0.1, 0.15) is 24.2 Å². The van der Waals surface area contributed by atoms with E-state index in [1.807, 2.05) is 86.8 Å². The first kappa shape index (κ1) is 26.5. The van der Waals surface area contributed by atoms with Crippen molar-refractivity contribution < 1.29 is 19.1 Å². The zero-order chi connectivity index (χ0) is 27.1. The predicted octanol–water partition coefficient (Wildman–Crippen LogP) is 5.29. The number of methoxy groups -OCH3 is 2. The van der Waals surface area contributed by atoms with E-state index < -0.39 is 0 Å². The number of hydrogen-bond donors (Lipinski definition) is 1. The van der Waals surface area contributed by atoms with Crippen molar-refractivity contribution in [3.8, 4) is 28.4 Å². The summed E-state index contributed by atoms with van der Waals surface area (Å²) in [5.74, 6) is 1.43. The van der Waals surface area contributed by atoms with Gasteiger partial charge < -0.3 is 14.4 Å². The molecule has 0 aliphatic carbocycles. The van der Waals surface area contributed by atoms with E-state index in [0.29, 0.717) is 29.5 Å². The molecule has 3 aromatic carbocycles. The van der Waals surface area contributed by atoms with Gasteiger partial charge in [0.2, 0.25) is 11.9 Å². The molecule has 0 radical (unpaired) electrons. The van der Waals surface area contributed by atoms with Crippen molar-refractivity contribution in [2.24, 2.45) is 5.92 Å². The van der Waals surface area contributed by atoms with Crippen LogP contribution in [0.4, 0.5) is 5.95 Å².